The number of nitrogens with zero attached hydrogens (tertiary/aromatic N) is 4. The van der Waals surface area contributed by atoms with E-state index in [1.54, 1.807) is 29.8 Å². The van der Waals surface area contributed by atoms with Crippen LogP contribution in [0.1, 0.15) is 21.8 Å². The Kier molecular flexibility index (Phi) is 5.53. The Balaban J connectivity index is 1.48. The molecular weight excluding hydrogens is 458 g/mol. The summed E-state index contributed by atoms with van der Waals surface area (Å²) in [5.41, 5.74) is 3.93. The van der Waals surface area contributed by atoms with Crippen LogP contribution in [0.5, 0.6) is 0 Å². The van der Waals surface area contributed by atoms with Gasteiger partial charge in [-0.05, 0) is 19.9 Å². The van der Waals surface area contributed by atoms with E-state index in [-0.39, 0.29) is 5.91 Å². The van der Waals surface area contributed by atoms with Gasteiger partial charge in [0.2, 0.25) is 5.13 Å². The average molecular weight is 476 g/mol. The second kappa shape index (κ2) is 8.65. The summed E-state index contributed by atoms with van der Waals surface area (Å²) in [6.07, 6.45) is 0. The minimum Gasteiger partial charge on any atom is -0.360 e. The number of aromatic nitrogens is 4. The first-order chi connectivity index (χ1) is 16.0. The van der Waals surface area contributed by atoms with Gasteiger partial charge in [0.05, 0.1) is 16.4 Å². The number of rotatable bonds is 5. The fourth-order valence-electron chi connectivity index (χ4n) is 3.49. The lowest BCUT2D eigenvalue weighted by Gasteiger charge is -2.08. The summed E-state index contributed by atoms with van der Waals surface area (Å²) in [5, 5.41) is 14.6. The summed E-state index contributed by atoms with van der Waals surface area (Å²) < 4.78 is 6.96. The zero-order valence-corrected chi connectivity index (χ0v) is 19.3. The molecule has 7 nitrogen and oxygen atoms in total. The molecule has 0 spiro atoms. The molecule has 0 saturated carbocycles. The first-order valence-corrected chi connectivity index (χ1v) is 11.4. The van der Waals surface area contributed by atoms with Gasteiger partial charge in [-0.15, -0.1) is 11.3 Å². The van der Waals surface area contributed by atoms with Gasteiger partial charge >= 0.3 is 0 Å². The predicted molar refractivity (Wildman–Crippen MR) is 129 cm³/mol. The van der Waals surface area contributed by atoms with Crippen LogP contribution in [0.2, 0.25) is 5.02 Å². The van der Waals surface area contributed by atoms with Crippen molar-refractivity contribution in [3.63, 3.8) is 0 Å². The fourth-order valence-corrected chi connectivity index (χ4v) is 4.51. The summed E-state index contributed by atoms with van der Waals surface area (Å²) in [6, 6.07) is 18.9. The standard InChI is InChI=1S/C24H18ClN5O2S/c1-14-12-20(30(28-14)24-26-19(13-33-24)16-8-4-3-5-9-16)27-23(31)21-15(2)32-29-22(21)17-10-6-7-11-18(17)25/h3-13H,1-2H3,(H,27,31). The first kappa shape index (κ1) is 21.1. The minimum absolute atomic E-state index is 0.317. The summed E-state index contributed by atoms with van der Waals surface area (Å²) in [4.78, 5) is 18.0. The number of hydrogen-bond acceptors (Lipinski definition) is 6. The number of carbonyl (C=O) groups excluding carboxylic acids is 1. The number of aryl methyl sites for hydroxylation is 2. The van der Waals surface area contributed by atoms with Crippen molar-refractivity contribution in [2.45, 2.75) is 13.8 Å². The highest BCUT2D eigenvalue weighted by molar-refractivity contribution is 7.12. The van der Waals surface area contributed by atoms with Crippen molar-refractivity contribution in [1.29, 1.82) is 0 Å². The highest BCUT2D eigenvalue weighted by atomic mass is 35.5. The Labute approximate surface area is 198 Å². The minimum atomic E-state index is -0.371. The van der Waals surface area contributed by atoms with Crippen molar-refractivity contribution in [2.75, 3.05) is 5.32 Å². The Morgan fingerprint density at radius 3 is 2.64 bits per heavy atom. The highest BCUT2D eigenvalue weighted by Crippen LogP contribution is 2.32. The van der Waals surface area contributed by atoms with Gasteiger partial charge in [-0.25, -0.2) is 4.98 Å². The van der Waals surface area contributed by atoms with Crippen LogP contribution >= 0.6 is 22.9 Å². The molecule has 9 heteroatoms. The number of amides is 1. The largest absolute Gasteiger partial charge is 0.360 e. The topological polar surface area (TPSA) is 85.8 Å². The van der Waals surface area contributed by atoms with Gasteiger partial charge in [-0.2, -0.15) is 9.78 Å². The molecule has 0 aliphatic rings. The molecule has 0 bridgehead atoms. The molecule has 2 aromatic carbocycles. The van der Waals surface area contributed by atoms with Crippen LogP contribution in [0.15, 0.2) is 70.6 Å². The maximum Gasteiger partial charge on any atom is 0.262 e. The van der Waals surface area contributed by atoms with E-state index in [0.717, 1.165) is 17.0 Å². The third-order valence-electron chi connectivity index (χ3n) is 5.03. The highest BCUT2D eigenvalue weighted by Gasteiger charge is 2.24. The maximum atomic E-state index is 13.3. The molecule has 0 aliphatic carbocycles. The maximum absolute atomic E-state index is 13.3. The zero-order chi connectivity index (χ0) is 22.9. The first-order valence-electron chi connectivity index (χ1n) is 10.1. The fraction of sp³-hybridized carbons (Fsp3) is 0.0833. The molecule has 0 fully saturated rings. The van der Waals surface area contributed by atoms with Crippen LogP contribution in [0.3, 0.4) is 0 Å². The molecule has 1 amide bonds. The number of benzene rings is 2. The molecule has 0 aliphatic heterocycles. The molecule has 0 radical (unpaired) electrons. The SMILES string of the molecule is Cc1cc(NC(=O)c2c(-c3ccccc3Cl)noc2C)n(-c2nc(-c3ccccc3)cs2)n1. The van der Waals surface area contributed by atoms with Crippen molar-refractivity contribution in [3.8, 4) is 27.6 Å². The Morgan fingerprint density at radius 2 is 1.85 bits per heavy atom. The Hall–Kier alpha value is -3.75. The van der Waals surface area contributed by atoms with Crippen molar-refractivity contribution in [2.24, 2.45) is 0 Å². The summed E-state index contributed by atoms with van der Waals surface area (Å²) >= 11 is 7.78. The molecule has 3 heterocycles. The van der Waals surface area contributed by atoms with Gasteiger partial charge in [0.15, 0.2) is 0 Å². The smallest absolute Gasteiger partial charge is 0.262 e. The second-order valence-electron chi connectivity index (χ2n) is 7.36. The van der Waals surface area contributed by atoms with Gasteiger partial charge < -0.3 is 9.84 Å². The van der Waals surface area contributed by atoms with E-state index in [0.29, 0.717) is 38.6 Å². The van der Waals surface area contributed by atoms with Crippen molar-refractivity contribution < 1.29 is 9.32 Å². The number of halogens is 1. The monoisotopic (exact) mass is 475 g/mol. The van der Waals surface area contributed by atoms with E-state index in [1.807, 2.05) is 54.8 Å². The molecule has 0 unspecified atom stereocenters. The van der Waals surface area contributed by atoms with E-state index in [1.165, 1.54) is 11.3 Å². The van der Waals surface area contributed by atoms with Gasteiger partial charge in [-0.1, -0.05) is 65.3 Å². The van der Waals surface area contributed by atoms with E-state index < -0.39 is 0 Å². The number of hydrogen-bond donors (Lipinski definition) is 1. The van der Waals surface area contributed by atoms with Crippen molar-refractivity contribution in [1.82, 2.24) is 19.9 Å². The lowest BCUT2D eigenvalue weighted by Crippen LogP contribution is -2.16. The Morgan fingerprint density at radius 1 is 1.09 bits per heavy atom. The van der Waals surface area contributed by atoms with Gasteiger partial charge in [0.1, 0.15) is 22.8 Å². The normalized spacial score (nSPS) is 11.0. The van der Waals surface area contributed by atoms with Crippen LogP contribution < -0.4 is 5.32 Å². The van der Waals surface area contributed by atoms with E-state index in [2.05, 4.69) is 15.6 Å². The van der Waals surface area contributed by atoms with Crippen LogP contribution in [-0.4, -0.2) is 25.8 Å². The van der Waals surface area contributed by atoms with E-state index in [4.69, 9.17) is 21.1 Å². The molecule has 0 saturated heterocycles. The molecule has 5 aromatic rings. The van der Waals surface area contributed by atoms with E-state index >= 15 is 0 Å². The summed E-state index contributed by atoms with van der Waals surface area (Å²) in [6.45, 7) is 3.55. The quantitative estimate of drug-likeness (QED) is 0.328. The molecule has 5 rings (SSSR count). The molecule has 33 heavy (non-hydrogen) atoms. The number of nitrogens with one attached hydrogen (secondary N) is 1. The van der Waals surface area contributed by atoms with Gasteiger partial charge in [-0.3, -0.25) is 4.79 Å². The van der Waals surface area contributed by atoms with Crippen LogP contribution in [0, 0.1) is 13.8 Å². The molecule has 0 atom stereocenters. The van der Waals surface area contributed by atoms with Crippen molar-refractivity contribution in [3.05, 3.63) is 88.1 Å². The number of anilines is 1. The lowest BCUT2D eigenvalue weighted by molar-refractivity contribution is 0.102. The molecule has 3 aromatic heterocycles. The Bertz CT molecular complexity index is 1450. The van der Waals surface area contributed by atoms with Crippen LogP contribution in [0.4, 0.5) is 5.82 Å². The molecular formula is C24H18ClN5O2S. The number of carbonyl (C=O) groups is 1. The third kappa shape index (κ3) is 4.06. The number of thiazole rings is 1. The van der Waals surface area contributed by atoms with Gasteiger partial charge in [0.25, 0.3) is 5.91 Å². The average Bonchev–Trinajstić information content (AvgIpc) is 3.53. The molecule has 1 N–H and O–H groups in total. The van der Waals surface area contributed by atoms with Crippen molar-refractivity contribution >= 4 is 34.7 Å². The predicted octanol–water partition coefficient (Wildman–Crippen LogP) is 6.17. The second-order valence-corrected chi connectivity index (χ2v) is 8.60. The van der Waals surface area contributed by atoms with E-state index in [9.17, 15) is 4.79 Å². The summed E-state index contributed by atoms with van der Waals surface area (Å²) in [5.74, 6) is 0.521. The van der Waals surface area contributed by atoms with Crippen LogP contribution in [0.25, 0.3) is 27.6 Å². The summed E-state index contributed by atoms with van der Waals surface area (Å²) in [7, 11) is 0. The zero-order valence-electron chi connectivity index (χ0n) is 17.7. The van der Waals surface area contributed by atoms with Gasteiger partial charge in [0, 0.05) is 22.6 Å². The molecule has 164 valence electrons. The third-order valence-corrected chi connectivity index (χ3v) is 6.18. The van der Waals surface area contributed by atoms with Crippen LogP contribution in [-0.2, 0) is 0 Å². The lowest BCUT2D eigenvalue weighted by atomic mass is 10.1.